The predicted octanol–water partition coefficient (Wildman–Crippen LogP) is 5.98. The summed E-state index contributed by atoms with van der Waals surface area (Å²) in [7, 11) is 0. The van der Waals surface area contributed by atoms with Gasteiger partial charge in [0.2, 0.25) is 0 Å². The van der Waals surface area contributed by atoms with Crippen LogP contribution in [0.1, 0.15) is 98.8 Å². The molecule has 4 rings (SSSR count). The number of hydrogen-bond acceptors (Lipinski definition) is 3. The van der Waals surface area contributed by atoms with E-state index in [0.29, 0.717) is 24.2 Å². The van der Waals surface area contributed by atoms with Gasteiger partial charge in [-0.1, -0.05) is 33.6 Å². The summed E-state index contributed by atoms with van der Waals surface area (Å²) < 4.78 is 15.6. The molecule has 0 bridgehead atoms. The summed E-state index contributed by atoms with van der Waals surface area (Å²) >= 11 is 0. The van der Waals surface area contributed by atoms with Gasteiger partial charge in [-0.25, -0.2) is 4.39 Å². The summed E-state index contributed by atoms with van der Waals surface area (Å²) in [6.07, 6.45) is 7.94. The highest BCUT2D eigenvalue weighted by molar-refractivity contribution is 5.87. The fourth-order valence-corrected chi connectivity index (χ4v) is 8.41. The maximum Gasteiger partial charge on any atom is 0.165 e. The van der Waals surface area contributed by atoms with Crippen LogP contribution in [0.5, 0.6) is 0 Å². The third kappa shape index (κ3) is 3.84. The van der Waals surface area contributed by atoms with Crippen LogP contribution >= 0.6 is 0 Å². The van der Waals surface area contributed by atoms with E-state index in [4.69, 9.17) is 0 Å². The number of hydrogen-bond donors (Lipinski definition) is 2. The van der Waals surface area contributed by atoms with Gasteiger partial charge in [0.25, 0.3) is 0 Å². The Hall–Kier alpha value is -0.740. The molecular formula is C27H43FO3. The molecule has 0 unspecified atom stereocenters. The van der Waals surface area contributed by atoms with Gasteiger partial charge in [-0.3, -0.25) is 4.79 Å². The SMILES string of the molecule is C[C@H](CCCC(C)(C)O)[C@H]1CC[C@H]2C3=C(F)C[C@H]4C(=O)[C@@H](O)CC[C@]4(C)[C@H]3CC[C@]12C. The first kappa shape index (κ1) is 23.4. The molecule has 0 amide bonds. The van der Waals surface area contributed by atoms with Gasteiger partial charge in [-0.05, 0) is 98.9 Å². The number of Topliss-reactive ketones (excluding diaryl/α,β-unsaturated/α-hetero) is 1. The highest BCUT2D eigenvalue weighted by Gasteiger charge is 2.61. The van der Waals surface area contributed by atoms with Crippen LogP contribution in [-0.4, -0.2) is 27.7 Å². The Labute approximate surface area is 187 Å². The zero-order valence-corrected chi connectivity index (χ0v) is 20.2. The molecule has 0 aliphatic heterocycles. The van der Waals surface area contributed by atoms with Crippen molar-refractivity contribution in [3.8, 4) is 0 Å². The molecule has 3 saturated carbocycles. The van der Waals surface area contributed by atoms with Crippen LogP contribution in [0.4, 0.5) is 4.39 Å². The number of aliphatic hydroxyl groups excluding tert-OH is 1. The molecule has 176 valence electrons. The summed E-state index contributed by atoms with van der Waals surface area (Å²) in [6, 6.07) is 0. The van der Waals surface area contributed by atoms with Crippen LogP contribution in [0, 0.1) is 40.4 Å². The summed E-state index contributed by atoms with van der Waals surface area (Å²) in [5, 5.41) is 20.2. The van der Waals surface area contributed by atoms with Crippen molar-refractivity contribution in [2.75, 3.05) is 0 Å². The average molecular weight is 435 g/mol. The normalized spacial score (nSPS) is 44.0. The van der Waals surface area contributed by atoms with Crippen LogP contribution < -0.4 is 0 Å². The van der Waals surface area contributed by atoms with Gasteiger partial charge in [-0.2, -0.15) is 0 Å². The van der Waals surface area contributed by atoms with Gasteiger partial charge >= 0.3 is 0 Å². The lowest BCUT2D eigenvalue weighted by Gasteiger charge is -2.57. The number of ketones is 1. The van der Waals surface area contributed by atoms with Gasteiger partial charge < -0.3 is 10.2 Å². The first-order valence-corrected chi connectivity index (χ1v) is 12.7. The molecule has 2 N–H and O–H groups in total. The maximum atomic E-state index is 15.6. The summed E-state index contributed by atoms with van der Waals surface area (Å²) in [4.78, 5) is 12.7. The molecule has 4 aliphatic carbocycles. The van der Waals surface area contributed by atoms with Gasteiger partial charge in [0, 0.05) is 12.3 Å². The first-order chi connectivity index (χ1) is 14.4. The monoisotopic (exact) mass is 434 g/mol. The van der Waals surface area contributed by atoms with E-state index in [9.17, 15) is 15.0 Å². The third-order valence-electron chi connectivity index (χ3n) is 10.2. The van der Waals surface area contributed by atoms with Gasteiger partial charge in [0.05, 0.1) is 5.60 Å². The standard InChI is InChI=1S/C27H43FO3/c1-16(7-6-12-25(2,3)31)17-8-9-18-23-19(10-13-26(17,18)4)27(5)14-11-22(29)24(30)20(27)15-21(23)28/h16-20,22,29,31H,6-15H2,1-5H3/t16-,17-,18+,19+,20+,22+,26-,27-/m1/s1. The second-order valence-electron chi connectivity index (χ2n) is 12.6. The van der Waals surface area contributed by atoms with Gasteiger partial charge in [-0.15, -0.1) is 0 Å². The predicted molar refractivity (Wildman–Crippen MR) is 121 cm³/mol. The minimum Gasteiger partial charge on any atom is -0.390 e. The van der Waals surface area contributed by atoms with Crippen LogP contribution in [0.25, 0.3) is 0 Å². The van der Waals surface area contributed by atoms with Crippen molar-refractivity contribution in [2.24, 2.45) is 40.4 Å². The lowest BCUT2D eigenvalue weighted by atomic mass is 9.47. The molecule has 0 heterocycles. The fourth-order valence-electron chi connectivity index (χ4n) is 8.41. The maximum absolute atomic E-state index is 15.6. The van der Waals surface area contributed by atoms with E-state index >= 15 is 4.39 Å². The van der Waals surface area contributed by atoms with E-state index in [1.54, 1.807) is 0 Å². The van der Waals surface area contributed by atoms with Crippen LogP contribution in [0.2, 0.25) is 0 Å². The van der Waals surface area contributed by atoms with Crippen molar-refractivity contribution in [3.63, 3.8) is 0 Å². The van der Waals surface area contributed by atoms with Crippen LogP contribution in [0.3, 0.4) is 0 Å². The Morgan fingerprint density at radius 1 is 1.06 bits per heavy atom. The molecule has 0 aromatic carbocycles. The molecule has 4 heteroatoms. The van der Waals surface area contributed by atoms with Gasteiger partial charge in [0.15, 0.2) is 5.78 Å². The second kappa shape index (κ2) is 7.94. The number of carbonyl (C=O) groups excluding carboxylic acids is 1. The van der Waals surface area contributed by atoms with E-state index in [-0.39, 0.29) is 40.7 Å². The molecule has 31 heavy (non-hydrogen) atoms. The Balaban J connectivity index is 1.56. The average Bonchev–Trinajstić information content (AvgIpc) is 3.03. The molecule has 4 aliphatic rings. The molecule has 8 atom stereocenters. The van der Waals surface area contributed by atoms with E-state index < -0.39 is 11.7 Å². The molecule has 0 aromatic rings. The van der Waals surface area contributed by atoms with Crippen molar-refractivity contribution in [2.45, 2.75) is 111 Å². The molecule has 0 saturated heterocycles. The Morgan fingerprint density at radius 2 is 1.71 bits per heavy atom. The summed E-state index contributed by atoms with van der Waals surface area (Å²) in [6.45, 7) is 10.7. The number of fused-ring (bicyclic) bond motifs is 5. The molecule has 3 nitrogen and oxygen atoms in total. The Kier molecular flexibility index (Phi) is 6.00. The smallest absolute Gasteiger partial charge is 0.165 e. The summed E-state index contributed by atoms with van der Waals surface area (Å²) in [5.74, 6) is 1.13. The topological polar surface area (TPSA) is 57.5 Å². The number of halogens is 1. The zero-order chi connectivity index (χ0) is 22.8. The number of allylic oxidation sites excluding steroid dienone is 2. The van der Waals surface area contributed by atoms with Crippen molar-refractivity contribution in [3.05, 3.63) is 11.4 Å². The fraction of sp³-hybridized carbons (Fsp3) is 0.889. The number of rotatable bonds is 5. The Bertz CT molecular complexity index is 752. The van der Waals surface area contributed by atoms with Crippen molar-refractivity contribution in [1.29, 1.82) is 0 Å². The van der Waals surface area contributed by atoms with E-state index in [1.807, 2.05) is 13.8 Å². The van der Waals surface area contributed by atoms with E-state index in [2.05, 4.69) is 20.8 Å². The summed E-state index contributed by atoms with van der Waals surface area (Å²) in [5.41, 5.74) is 0.396. The zero-order valence-electron chi connectivity index (χ0n) is 20.2. The van der Waals surface area contributed by atoms with Gasteiger partial charge in [0.1, 0.15) is 11.9 Å². The van der Waals surface area contributed by atoms with Crippen molar-refractivity contribution >= 4 is 5.78 Å². The largest absolute Gasteiger partial charge is 0.390 e. The van der Waals surface area contributed by atoms with E-state index in [1.165, 1.54) is 0 Å². The van der Waals surface area contributed by atoms with E-state index in [0.717, 1.165) is 56.9 Å². The van der Waals surface area contributed by atoms with Crippen LogP contribution in [-0.2, 0) is 4.79 Å². The minimum atomic E-state index is -0.901. The molecule has 0 aromatic heterocycles. The highest BCUT2D eigenvalue weighted by Crippen LogP contribution is 2.67. The van der Waals surface area contributed by atoms with Crippen molar-refractivity contribution < 1.29 is 19.4 Å². The number of aliphatic hydroxyl groups is 2. The lowest BCUT2D eigenvalue weighted by molar-refractivity contribution is -0.146. The lowest BCUT2D eigenvalue weighted by Crippen LogP contribution is -2.54. The number of carbonyl (C=O) groups is 1. The minimum absolute atomic E-state index is 0.0267. The molecule has 3 fully saturated rings. The first-order valence-electron chi connectivity index (χ1n) is 12.7. The second-order valence-corrected chi connectivity index (χ2v) is 12.6. The van der Waals surface area contributed by atoms with Crippen LogP contribution in [0.15, 0.2) is 11.4 Å². The highest BCUT2D eigenvalue weighted by atomic mass is 19.1. The molecule has 0 spiro atoms. The molecular weight excluding hydrogens is 391 g/mol. The Morgan fingerprint density at radius 3 is 2.39 bits per heavy atom. The quantitative estimate of drug-likeness (QED) is 0.560. The third-order valence-corrected chi connectivity index (χ3v) is 10.2. The molecule has 0 radical (unpaired) electrons. The van der Waals surface area contributed by atoms with Crippen molar-refractivity contribution in [1.82, 2.24) is 0 Å².